The molecule has 1 aliphatic rings. The quantitative estimate of drug-likeness (QED) is 0.0500. The van der Waals surface area contributed by atoms with Crippen molar-refractivity contribution in [3.63, 3.8) is 0 Å². The molecule has 6 aromatic rings. The minimum atomic E-state index is -0.840. The molecule has 12 nitrogen and oxygen atoms in total. The molecule has 12 heteroatoms. The third-order valence-corrected chi connectivity index (χ3v) is 11.2. The Labute approximate surface area is 354 Å². The number of anilines is 2. The van der Waals surface area contributed by atoms with Gasteiger partial charge in [0.2, 0.25) is 11.5 Å². The summed E-state index contributed by atoms with van der Waals surface area (Å²) < 4.78 is 5.78. The number of carbonyl (C=O) groups is 3. The number of hydrogen-bond donors (Lipinski definition) is 5. The van der Waals surface area contributed by atoms with E-state index < -0.39 is 12.2 Å². The second-order valence-corrected chi connectivity index (χ2v) is 15.4. The Bertz CT molecular complexity index is 2520. The number of nitrogens with zero attached hydrogens (tertiary/aromatic N) is 2. The molecule has 314 valence electrons. The van der Waals surface area contributed by atoms with Crippen LogP contribution in [0.1, 0.15) is 52.4 Å². The smallest absolute Gasteiger partial charge is 0.411 e. The number of phenolic OH excluding ortho intramolecular Hbond substituents is 1. The number of H-pyrrole nitrogens is 1. The van der Waals surface area contributed by atoms with Crippen LogP contribution in [0.2, 0.25) is 0 Å². The zero-order valence-corrected chi connectivity index (χ0v) is 34.2. The van der Waals surface area contributed by atoms with Crippen LogP contribution in [-0.4, -0.2) is 83.8 Å². The molecule has 0 aliphatic carbocycles. The molecule has 0 radical (unpaired) electrons. The summed E-state index contributed by atoms with van der Waals surface area (Å²) in [5.74, 6) is -0.147. The number of nitrogens with one attached hydrogen (secondary N) is 3. The number of aromatic nitrogens is 1. The third-order valence-electron chi connectivity index (χ3n) is 11.2. The lowest BCUT2D eigenvalue weighted by atomic mass is 10.0. The van der Waals surface area contributed by atoms with Crippen LogP contribution >= 0.6 is 0 Å². The van der Waals surface area contributed by atoms with Crippen molar-refractivity contribution in [2.75, 3.05) is 50.0 Å². The molecule has 0 spiro atoms. The fourth-order valence-corrected chi connectivity index (χ4v) is 7.70. The first-order valence-electron chi connectivity index (χ1n) is 20.7. The summed E-state index contributed by atoms with van der Waals surface area (Å²) in [4.78, 5) is 57.6. The fraction of sp³-hybridized carbons (Fsp3) is 0.265. The first-order chi connectivity index (χ1) is 29.6. The number of Topliss-reactive ketones (excluding diaryl/α,β-unsaturated/α-hetero) is 1. The van der Waals surface area contributed by atoms with Crippen LogP contribution in [0, 0.1) is 0 Å². The van der Waals surface area contributed by atoms with Crippen molar-refractivity contribution in [1.29, 1.82) is 0 Å². The van der Waals surface area contributed by atoms with E-state index in [1.807, 2.05) is 84.9 Å². The number of ketones is 1. The maximum atomic E-state index is 13.3. The molecular formula is C49H51N5O7. The molecule has 1 saturated heterocycles. The van der Waals surface area contributed by atoms with Gasteiger partial charge in [0.15, 0.2) is 5.78 Å². The number of rotatable bonds is 16. The van der Waals surface area contributed by atoms with Crippen LogP contribution < -0.4 is 21.1 Å². The number of amides is 2. The lowest BCUT2D eigenvalue weighted by molar-refractivity contribution is -0.118. The number of para-hydroxylation sites is 1. The number of aromatic amines is 1. The van der Waals surface area contributed by atoms with Gasteiger partial charge in [-0.05, 0) is 78.4 Å². The summed E-state index contributed by atoms with van der Waals surface area (Å²) in [6.07, 6.45) is 1.09. The van der Waals surface area contributed by atoms with Gasteiger partial charge >= 0.3 is 6.09 Å². The van der Waals surface area contributed by atoms with Gasteiger partial charge in [0.25, 0.3) is 0 Å². The predicted octanol–water partition coefficient (Wildman–Crippen LogP) is 7.26. The third kappa shape index (κ3) is 11.2. The van der Waals surface area contributed by atoms with E-state index in [-0.39, 0.29) is 42.1 Å². The van der Waals surface area contributed by atoms with E-state index in [1.165, 1.54) is 12.1 Å². The van der Waals surface area contributed by atoms with Crippen LogP contribution in [-0.2, 0) is 22.4 Å². The van der Waals surface area contributed by atoms with Gasteiger partial charge in [-0.2, -0.15) is 0 Å². The average Bonchev–Trinajstić information content (AvgIpc) is 3.28. The minimum Gasteiger partial charge on any atom is -0.506 e. The Morgan fingerprint density at radius 2 is 1.61 bits per heavy atom. The molecule has 1 aromatic heterocycles. The molecular weight excluding hydrogens is 771 g/mol. The van der Waals surface area contributed by atoms with Gasteiger partial charge < -0.3 is 35.1 Å². The highest BCUT2D eigenvalue weighted by atomic mass is 16.6. The maximum absolute atomic E-state index is 13.3. The van der Waals surface area contributed by atoms with Crippen molar-refractivity contribution < 1.29 is 29.3 Å². The molecule has 5 N–H and O–H groups in total. The van der Waals surface area contributed by atoms with Crippen LogP contribution in [0.4, 0.5) is 16.2 Å². The number of pyridine rings is 1. The van der Waals surface area contributed by atoms with Crippen molar-refractivity contribution in [1.82, 2.24) is 15.2 Å². The Balaban J connectivity index is 0.815. The van der Waals surface area contributed by atoms with Gasteiger partial charge in [-0.1, -0.05) is 91.0 Å². The van der Waals surface area contributed by atoms with E-state index in [4.69, 9.17) is 4.74 Å². The lowest BCUT2D eigenvalue weighted by Crippen LogP contribution is -2.40. The Morgan fingerprint density at radius 1 is 0.869 bits per heavy atom. The van der Waals surface area contributed by atoms with E-state index >= 15 is 0 Å². The van der Waals surface area contributed by atoms with Crippen molar-refractivity contribution in [2.45, 2.75) is 44.3 Å². The van der Waals surface area contributed by atoms with Crippen LogP contribution in [0.25, 0.3) is 22.0 Å². The highest BCUT2D eigenvalue weighted by molar-refractivity contribution is 6.00. The zero-order chi connectivity index (χ0) is 42.7. The number of likely N-dealkylation sites (tertiary alicyclic amines) is 1. The number of fused-ring (bicyclic) bond motifs is 1. The minimum absolute atomic E-state index is 0.0453. The molecule has 2 heterocycles. The van der Waals surface area contributed by atoms with Crippen molar-refractivity contribution in [3.8, 4) is 16.9 Å². The summed E-state index contributed by atoms with van der Waals surface area (Å²) in [5.41, 5.74) is 6.35. The highest BCUT2D eigenvalue weighted by Crippen LogP contribution is 2.30. The second kappa shape index (κ2) is 20.1. The highest BCUT2D eigenvalue weighted by Gasteiger charge is 2.24. The monoisotopic (exact) mass is 821 g/mol. The van der Waals surface area contributed by atoms with E-state index in [0.717, 1.165) is 22.3 Å². The van der Waals surface area contributed by atoms with Gasteiger partial charge in [-0.25, -0.2) is 4.79 Å². The molecule has 0 bridgehead atoms. The van der Waals surface area contributed by atoms with Gasteiger partial charge in [-0.15, -0.1) is 0 Å². The Kier molecular flexibility index (Phi) is 14.0. The number of phenols is 1. The first kappa shape index (κ1) is 42.5. The van der Waals surface area contributed by atoms with E-state index in [2.05, 4.69) is 20.5 Å². The van der Waals surface area contributed by atoms with Crippen molar-refractivity contribution >= 4 is 40.1 Å². The summed E-state index contributed by atoms with van der Waals surface area (Å²) >= 11 is 0. The van der Waals surface area contributed by atoms with Gasteiger partial charge in [0, 0.05) is 74.3 Å². The number of piperidine rings is 1. The molecule has 2 amide bonds. The van der Waals surface area contributed by atoms with Gasteiger partial charge in [0.05, 0.1) is 17.3 Å². The molecule has 0 saturated carbocycles. The molecule has 1 aliphatic heterocycles. The van der Waals surface area contributed by atoms with Gasteiger partial charge in [-0.3, -0.25) is 19.7 Å². The van der Waals surface area contributed by atoms with Crippen LogP contribution in [0.15, 0.2) is 132 Å². The van der Waals surface area contributed by atoms with Crippen LogP contribution in [0.3, 0.4) is 0 Å². The second-order valence-electron chi connectivity index (χ2n) is 15.4. The first-order valence-corrected chi connectivity index (χ1v) is 20.7. The standard InChI is InChI=1S/C49H51N5O7/c1-53(47(59)25-29-54-27-23-38(24-28-54)61-49(60)51-42-13-6-5-12-39(42)35-8-3-2-4-9-35)37-11-7-10-36(31-37)44(56)30-34-16-14-33(15-17-34)22-26-50-32-45(57)40-18-20-43(55)48-41(40)19-21-46(58)52-48/h2-21,31,38,45,50,55,57H,22-30,32H2,1H3,(H,51,60)(H,52,58)/t45-/m0/s1. The number of aliphatic hydroxyl groups is 1. The SMILES string of the molecule is CN(C(=O)CCN1CCC(OC(=O)Nc2ccccc2-c2ccccc2)CC1)c1cccc(C(=O)Cc2ccc(CCNC[C@H](O)c3ccc(O)c4[nH]c(=O)ccc34)cc2)c1. The maximum Gasteiger partial charge on any atom is 0.411 e. The summed E-state index contributed by atoms with van der Waals surface area (Å²) in [5, 5.41) is 27.7. The van der Waals surface area contributed by atoms with Crippen LogP contribution in [0.5, 0.6) is 5.75 Å². The normalized spacial score (nSPS) is 13.7. The average molecular weight is 822 g/mol. The molecule has 7 rings (SSSR count). The number of aliphatic hydroxyl groups excluding tert-OH is 1. The Hall–Kier alpha value is -6.60. The number of hydrogen-bond acceptors (Lipinski definition) is 9. The van der Waals surface area contributed by atoms with Crippen molar-refractivity contribution in [3.05, 3.63) is 160 Å². The molecule has 0 unspecified atom stereocenters. The largest absolute Gasteiger partial charge is 0.506 e. The number of carbonyl (C=O) groups excluding carboxylic acids is 3. The molecule has 1 atom stereocenters. The Morgan fingerprint density at radius 3 is 2.39 bits per heavy atom. The fourth-order valence-electron chi connectivity index (χ4n) is 7.70. The molecule has 61 heavy (non-hydrogen) atoms. The van der Waals surface area contributed by atoms with E-state index in [9.17, 15) is 29.4 Å². The van der Waals surface area contributed by atoms with E-state index in [1.54, 1.807) is 42.3 Å². The molecule has 5 aromatic carbocycles. The zero-order valence-electron chi connectivity index (χ0n) is 34.2. The van der Waals surface area contributed by atoms with E-state index in [0.29, 0.717) is 85.3 Å². The molecule has 1 fully saturated rings. The lowest BCUT2D eigenvalue weighted by Gasteiger charge is -2.31. The summed E-state index contributed by atoms with van der Waals surface area (Å²) in [7, 11) is 1.73. The van der Waals surface area contributed by atoms with Gasteiger partial charge in [0.1, 0.15) is 11.9 Å². The number of ether oxygens (including phenoxy) is 1. The predicted molar refractivity (Wildman–Crippen MR) is 238 cm³/mol. The number of benzene rings is 5. The summed E-state index contributed by atoms with van der Waals surface area (Å²) in [6.45, 7) is 2.91. The van der Waals surface area contributed by atoms with Crippen molar-refractivity contribution in [2.24, 2.45) is 0 Å². The topological polar surface area (TPSA) is 164 Å². The summed E-state index contributed by atoms with van der Waals surface area (Å²) in [6, 6.07) is 38.7. The number of aromatic hydroxyl groups is 1.